The number of aromatic nitrogens is 3. The largest absolute Gasteiger partial charge is 0.310 e. The highest BCUT2D eigenvalue weighted by Gasteiger charge is 2.17. The van der Waals surface area contributed by atoms with Gasteiger partial charge in [0.1, 0.15) is 11.0 Å². The molecule has 6 heteroatoms. The molecule has 3 aromatic heterocycles. The van der Waals surface area contributed by atoms with Crippen LogP contribution >= 0.6 is 22.7 Å². The topological polar surface area (TPSA) is 34.0 Å². The van der Waals surface area contributed by atoms with Gasteiger partial charge in [-0.1, -0.05) is 60.7 Å². The van der Waals surface area contributed by atoms with E-state index in [2.05, 4.69) is 138 Å². The lowest BCUT2D eigenvalue weighted by Gasteiger charge is -2.26. The van der Waals surface area contributed by atoms with E-state index in [-0.39, 0.29) is 0 Å². The standard InChI is InChI=1S/C44H26N4S2/c1-5-11-41-35(7-1)37-23-27-13-15-33(21-29(27)25-43(37)49-41)47(31-17-19-32(20-18-31)48-45-39-9-3-4-10-40(39)46-48)34-16-14-28-24-38-36-8-2-6-12-42(36)50-44(38)26-30(28)22-34/h1-26H. The van der Waals surface area contributed by atoms with E-state index in [1.165, 1.54) is 61.9 Å². The normalized spacial score (nSPS) is 12.0. The molecule has 4 nitrogen and oxygen atoms in total. The number of fused-ring (bicyclic) bond motifs is 9. The molecule has 0 saturated heterocycles. The minimum Gasteiger partial charge on any atom is -0.310 e. The average Bonchev–Trinajstić information content (AvgIpc) is 3.86. The van der Waals surface area contributed by atoms with Crippen molar-refractivity contribution in [3.05, 3.63) is 158 Å². The molecule has 0 unspecified atom stereocenters. The van der Waals surface area contributed by atoms with Gasteiger partial charge in [0.25, 0.3) is 0 Å². The average molecular weight is 675 g/mol. The van der Waals surface area contributed by atoms with Crippen LogP contribution < -0.4 is 4.90 Å². The Kier molecular flexibility index (Phi) is 5.96. The molecule has 0 aliphatic rings. The van der Waals surface area contributed by atoms with Crippen LogP contribution in [0, 0.1) is 0 Å². The fourth-order valence-electron chi connectivity index (χ4n) is 7.35. The van der Waals surface area contributed by atoms with Crippen molar-refractivity contribution in [3.8, 4) is 5.69 Å². The van der Waals surface area contributed by atoms with Gasteiger partial charge < -0.3 is 4.90 Å². The fraction of sp³-hybridized carbons (Fsp3) is 0. The first-order chi connectivity index (χ1) is 24.7. The van der Waals surface area contributed by atoms with Gasteiger partial charge in [-0.25, -0.2) is 0 Å². The molecular weight excluding hydrogens is 649 g/mol. The quantitative estimate of drug-likeness (QED) is 0.186. The van der Waals surface area contributed by atoms with E-state index in [1.54, 1.807) is 4.80 Å². The zero-order chi connectivity index (χ0) is 32.8. The summed E-state index contributed by atoms with van der Waals surface area (Å²) in [6.45, 7) is 0. The van der Waals surface area contributed by atoms with E-state index in [9.17, 15) is 0 Å². The van der Waals surface area contributed by atoms with Gasteiger partial charge in [-0.2, -0.15) is 4.80 Å². The first kappa shape index (κ1) is 27.8. The van der Waals surface area contributed by atoms with Gasteiger partial charge in [-0.3, -0.25) is 0 Å². The minimum absolute atomic E-state index is 0.881. The lowest BCUT2D eigenvalue weighted by molar-refractivity contribution is 0.766. The summed E-state index contributed by atoms with van der Waals surface area (Å²) >= 11 is 3.72. The van der Waals surface area contributed by atoms with Crippen LogP contribution in [-0.2, 0) is 0 Å². The Morgan fingerprint density at radius 1 is 0.380 bits per heavy atom. The molecule has 0 N–H and O–H groups in total. The van der Waals surface area contributed by atoms with Crippen LogP contribution in [0.25, 0.3) is 78.6 Å². The summed E-state index contributed by atoms with van der Waals surface area (Å²) in [5, 5.41) is 19.6. The first-order valence-electron chi connectivity index (χ1n) is 16.6. The maximum atomic E-state index is 4.72. The zero-order valence-corrected chi connectivity index (χ0v) is 28.2. The number of thiophene rings is 2. The van der Waals surface area contributed by atoms with Gasteiger partial charge in [0.05, 0.1) is 5.69 Å². The van der Waals surface area contributed by atoms with Crippen LogP contribution in [0.3, 0.4) is 0 Å². The predicted octanol–water partition coefficient (Wildman–Crippen LogP) is 12.9. The maximum Gasteiger partial charge on any atom is 0.113 e. The monoisotopic (exact) mass is 674 g/mol. The van der Waals surface area contributed by atoms with Gasteiger partial charge in [-0.15, -0.1) is 32.9 Å². The van der Waals surface area contributed by atoms with Crippen molar-refractivity contribution in [2.45, 2.75) is 0 Å². The predicted molar refractivity (Wildman–Crippen MR) is 214 cm³/mol. The molecule has 0 bridgehead atoms. The number of hydrogen-bond donors (Lipinski definition) is 0. The third-order valence-electron chi connectivity index (χ3n) is 9.78. The molecule has 50 heavy (non-hydrogen) atoms. The van der Waals surface area contributed by atoms with Crippen molar-refractivity contribution in [3.63, 3.8) is 0 Å². The molecule has 0 amide bonds. The second-order valence-corrected chi connectivity index (χ2v) is 15.0. The number of hydrogen-bond acceptors (Lipinski definition) is 5. The van der Waals surface area contributed by atoms with Crippen molar-refractivity contribution < 1.29 is 0 Å². The highest BCUT2D eigenvalue weighted by molar-refractivity contribution is 7.26. The summed E-state index contributed by atoms with van der Waals surface area (Å²) in [5.41, 5.74) is 5.96. The van der Waals surface area contributed by atoms with E-state index in [0.717, 1.165) is 33.8 Å². The van der Waals surface area contributed by atoms with Gasteiger partial charge in [-0.05, 0) is 119 Å². The highest BCUT2D eigenvalue weighted by atomic mass is 32.1. The van der Waals surface area contributed by atoms with Crippen LogP contribution in [0.2, 0.25) is 0 Å². The molecule has 0 spiro atoms. The second kappa shape index (κ2) is 10.7. The molecule has 8 aromatic carbocycles. The Balaban J connectivity index is 1.08. The van der Waals surface area contributed by atoms with Gasteiger partial charge in [0, 0.05) is 57.4 Å². The lowest BCUT2D eigenvalue weighted by atomic mass is 10.0. The Morgan fingerprint density at radius 3 is 1.40 bits per heavy atom. The highest BCUT2D eigenvalue weighted by Crippen LogP contribution is 2.42. The second-order valence-electron chi connectivity index (χ2n) is 12.8. The Labute approximate surface area is 294 Å². The van der Waals surface area contributed by atoms with Crippen LogP contribution in [0.5, 0.6) is 0 Å². The number of benzene rings is 8. The van der Waals surface area contributed by atoms with Crippen molar-refractivity contribution in [2.24, 2.45) is 0 Å². The van der Waals surface area contributed by atoms with Crippen LogP contribution in [0.15, 0.2) is 158 Å². The molecule has 0 radical (unpaired) electrons. The van der Waals surface area contributed by atoms with Crippen LogP contribution in [0.4, 0.5) is 17.1 Å². The van der Waals surface area contributed by atoms with E-state index in [1.807, 2.05) is 46.9 Å². The maximum absolute atomic E-state index is 4.72. The molecule has 0 fully saturated rings. The summed E-state index contributed by atoms with van der Waals surface area (Å²) in [4.78, 5) is 4.08. The van der Waals surface area contributed by atoms with Gasteiger partial charge >= 0.3 is 0 Å². The summed E-state index contributed by atoms with van der Waals surface area (Å²) in [5.74, 6) is 0. The fourth-order valence-corrected chi connectivity index (χ4v) is 9.62. The summed E-state index contributed by atoms with van der Waals surface area (Å²) in [6.07, 6.45) is 0. The van der Waals surface area contributed by atoms with E-state index < -0.39 is 0 Å². The molecule has 0 aliphatic heterocycles. The number of rotatable bonds is 4. The molecule has 11 rings (SSSR count). The molecular formula is C44H26N4S2. The van der Waals surface area contributed by atoms with E-state index in [0.29, 0.717) is 0 Å². The molecule has 0 atom stereocenters. The summed E-state index contributed by atoms with van der Waals surface area (Å²) in [7, 11) is 0. The van der Waals surface area contributed by atoms with Crippen molar-refractivity contribution in [1.29, 1.82) is 0 Å². The Hall–Kier alpha value is -6.08. The smallest absolute Gasteiger partial charge is 0.113 e. The Morgan fingerprint density at radius 2 is 0.860 bits per heavy atom. The molecule has 0 saturated carbocycles. The van der Waals surface area contributed by atoms with E-state index >= 15 is 0 Å². The third-order valence-corrected chi connectivity index (χ3v) is 12.0. The third kappa shape index (κ3) is 4.36. The molecule has 234 valence electrons. The molecule has 3 heterocycles. The summed E-state index contributed by atoms with van der Waals surface area (Å²) < 4.78 is 5.26. The molecule has 11 aromatic rings. The van der Waals surface area contributed by atoms with Crippen molar-refractivity contribution in [2.75, 3.05) is 4.90 Å². The minimum atomic E-state index is 0.881. The van der Waals surface area contributed by atoms with Crippen molar-refractivity contribution in [1.82, 2.24) is 15.0 Å². The molecule has 0 aliphatic carbocycles. The zero-order valence-electron chi connectivity index (χ0n) is 26.6. The Bertz CT molecular complexity index is 2930. The van der Waals surface area contributed by atoms with E-state index in [4.69, 9.17) is 10.2 Å². The van der Waals surface area contributed by atoms with Gasteiger partial charge in [0.2, 0.25) is 0 Å². The van der Waals surface area contributed by atoms with Crippen LogP contribution in [-0.4, -0.2) is 15.0 Å². The SMILES string of the molecule is c1ccc2nn(-c3ccc(N(c4ccc5cc6c(cc5c4)sc4ccccc46)c4ccc5cc6c(cc5c4)sc4ccccc46)cc3)nc2c1. The van der Waals surface area contributed by atoms with Crippen LogP contribution in [0.1, 0.15) is 0 Å². The lowest BCUT2D eigenvalue weighted by Crippen LogP contribution is -2.10. The van der Waals surface area contributed by atoms with Gasteiger partial charge in [0.15, 0.2) is 0 Å². The summed E-state index contributed by atoms with van der Waals surface area (Å²) in [6, 6.07) is 57.0. The number of nitrogens with zero attached hydrogens (tertiary/aromatic N) is 4. The van der Waals surface area contributed by atoms with Crippen molar-refractivity contribution >= 4 is 113 Å². The first-order valence-corrected chi connectivity index (χ1v) is 18.3. The number of anilines is 3.